The third-order valence-corrected chi connectivity index (χ3v) is 17.8. The molecule has 17 nitrogen and oxygen atoms in total. The van der Waals surface area contributed by atoms with Crippen LogP contribution in [0.1, 0.15) is 88.6 Å². The molecule has 0 spiro atoms. The lowest BCUT2D eigenvalue weighted by Crippen LogP contribution is -2.45. The molecule has 0 aliphatic carbocycles. The monoisotopic (exact) mass is 1110 g/mol. The number of carbonyl (C=O) groups excluding carboxylic acids is 2. The average molecular weight is 1110 g/mol. The summed E-state index contributed by atoms with van der Waals surface area (Å²) >= 11 is 0. The summed E-state index contributed by atoms with van der Waals surface area (Å²) in [4.78, 5) is 29.3. The Morgan fingerprint density at radius 2 is 1.33 bits per heavy atom. The van der Waals surface area contributed by atoms with Crippen molar-refractivity contribution in [2.24, 2.45) is 0 Å². The van der Waals surface area contributed by atoms with Crippen LogP contribution in [0.5, 0.6) is 11.5 Å². The van der Waals surface area contributed by atoms with Gasteiger partial charge in [0.05, 0.1) is 75.5 Å². The van der Waals surface area contributed by atoms with Gasteiger partial charge in [-0.1, -0.05) is 48.2 Å². The molecule has 6 aliphatic rings. The molecule has 79 heavy (non-hydrogen) atoms. The van der Waals surface area contributed by atoms with Gasteiger partial charge in [0.25, 0.3) is 10.1 Å². The number of hydrogen-bond donors (Lipinski definition) is 3. The third-order valence-electron chi connectivity index (χ3n) is 15.5. The van der Waals surface area contributed by atoms with Crippen molar-refractivity contribution in [3.05, 3.63) is 140 Å². The normalized spacial score (nSPS) is 15.9. The molecule has 2 amide bonds. The van der Waals surface area contributed by atoms with Gasteiger partial charge in [-0.15, -0.1) is 0 Å². The highest BCUT2D eigenvalue weighted by atomic mass is 32.2. The maximum atomic E-state index is 13.7. The Balaban J connectivity index is 0.623. The number of aryl methyl sites for hydroxylation is 2. The predicted molar refractivity (Wildman–Crippen MR) is 297 cm³/mol. The van der Waals surface area contributed by atoms with Crippen molar-refractivity contribution in [2.75, 3.05) is 102 Å². The highest BCUT2D eigenvalue weighted by Crippen LogP contribution is 2.49. The molecular formula is C60H66N5O12S2+. The second-order valence-corrected chi connectivity index (χ2v) is 23.7. The molecule has 0 radical (unpaired) electrons. The lowest BCUT2D eigenvalue weighted by Gasteiger charge is -2.39. The minimum absolute atomic E-state index is 0.0224. The molecule has 5 aromatic carbocycles. The minimum atomic E-state index is -4.95. The summed E-state index contributed by atoms with van der Waals surface area (Å²) in [5.41, 5.74) is 10.8. The Labute approximate surface area is 461 Å². The highest BCUT2D eigenvalue weighted by Gasteiger charge is 2.37. The van der Waals surface area contributed by atoms with Crippen LogP contribution in [0.25, 0.3) is 5.57 Å². The number of para-hydroxylation sites is 1. The Hall–Kier alpha value is -6.47. The molecule has 11 rings (SSSR count). The van der Waals surface area contributed by atoms with Crippen LogP contribution in [0.15, 0.2) is 88.7 Å². The Morgan fingerprint density at radius 3 is 2.11 bits per heavy atom. The summed E-state index contributed by atoms with van der Waals surface area (Å²) in [7, 11) is -9.20. The maximum absolute atomic E-state index is 13.7. The van der Waals surface area contributed by atoms with Gasteiger partial charge in [0.1, 0.15) is 29.5 Å². The molecule has 0 bridgehead atoms. The van der Waals surface area contributed by atoms with E-state index in [1.807, 2.05) is 48.5 Å². The van der Waals surface area contributed by atoms with E-state index in [0.717, 1.165) is 128 Å². The van der Waals surface area contributed by atoms with Gasteiger partial charge in [0.2, 0.25) is 27.2 Å². The molecule has 0 unspecified atom stereocenters. The fraction of sp³-hybridized carbons (Fsp3) is 0.417. The van der Waals surface area contributed by atoms with E-state index in [9.17, 15) is 31.0 Å². The first-order valence-corrected chi connectivity index (χ1v) is 30.5. The van der Waals surface area contributed by atoms with Gasteiger partial charge in [-0.2, -0.15) is 8.42 Å². The lowest BCUT2D eigenvalue weighted by atomic mass is 9.82. The summed E-state index contributed by atoms with van der Waals surface area (Å²) in [5.74, 6) is 7.51. The van der Waals surface area contributed by atoms with E-state index in [2.05, 4.69) is 43.5 Å². The molecule has 0 aromatic heterocycles. The number of nitrogens with one attached hydrogen (secondary N) is 2. The molecule has 3 N–H and O–H groups in total. The van der Waals surface area contributed by atoms with Gasteiger partial charge in [-0.3, -0.25) is 14.1 Å². The Morgan fingerprint density at radius 1 is 0.658 bits per heavy atom. The van der Waals surface area contributed by atoms with Crippen LogP contribution in [0.4, 0.5) is 11.4 Å². The van der Waals surface area contributed by atoms with Crippen molar-refractivity contribution in [2.45, 2.75) is 80.5 Å². The van der Waals surface area contributed by atoms with Gasteiger partial charge in [0.15, 0.2) is 0 Å². The Kier molecular flexibility index (Phi) is 16.6. The number of benzene rings is 5. The van der Waals surface area contributed by atoms with E-state index in [1.54, 1.807) is 4.90 Å². The number of carbonyl (C=O) groups is 2. The van der Waals surface area contributed by atoms with Gasteiger partial charge < -0.3 is 38.8 Å². The molecule has 0 saturated carbocycles. The smallest absolute Gasteiger partial charge is 0.295 e. The second-order valence-electron chi connectivity index (χ2n) is 20.6. The highest BCUT2D eigenvalue weighted by molar-refractivity contribution is 7.89. The number of amides is 2. The SMILES string of the molecule is O=C(CCOCCOCCOCCOCCNS(=O)(=O)c1ccc(C2=c3cc4c5c(c3Oc3c2cc2c6c3CCCN6CCC2)CCC[N+]=5CCC4)c(S(=O)(=O)O)c1)NCCC(=O)N1Cc2ccccc2C#Cc2ccccc21. The molecule has 5 aromatic rings. The largest absolute Gasteiger partial charge is 0.455 e. The summed E-state index contributed by atoms with van der Waals surface area (Å²) in [5, 5.41) is 4.78. The first-order chi connectivity index (χ1) is 38.4. The first kappa shape index (κ1) is 54.5. The van der Waals surface area contributed by atoms with Crippen LogP contribution in [0, 0.1) is 11.8 Å². The van der Waals surface area contributed by atoms with E-state index >= 15 is 0 Å². The van der Waals surface area contributed by atoms with Crippen LogP contribution < -0.4 is 39.7 Å². The van der Waals surface area contributed by atoms with E-state index in [0.29, 0.717) is 43.4 Å². The zero-order valence-corrected chi connectivity index (χ0v) is 45.9. The fourth-order valence-electron chi connectivity index (χ4n) is 11.9. The number of rotatable bonds is 22. The molecule has 19 heteroatoms. The van der Waals surface area contributed by atoms with Crippen molar-refractivity contribution >= 4 is 48.9 Å². The maximum Gasteiger partial charge on any atom is 0.295 e. The van der Waals surface area contributed by atoms with Crippen LogP contribution >= 0.6 is 0 Å². The number of fused-ring (bicyclic) bond motifs is 6. The lowest BCUT2D eigenvalue weighted by molar-refractivity contribution is -0.122. The van der Waals surface area contributed by atoms with E-state index < -0.39 is 25.0 Å². The molecule has 0 fully saturated rings. The van der Waals surface area contributed by atoms with Crippen LogP contribution in [-0.2, 0) is 80.9 Å². The minimum Gasteiger partial charge on any atom is -0.455 e. The van der Waals surface area contributed by atoms with Crippen molar-refractivity contribution in [1.29, 1.82) is 0 Å². The van der Waals surface area contributed by atoms with Gasteiger partial charge in [-0.25, -0.2) is 17.7 Å². The number of hydrogen-bond acceptors (Lipinski definition) is 12. The number of ether oxygens (including phenoxy) is 5. The average Bonchev–Trinajstić information content (AvgIpc) is 3.34. The number of nitrogens with zero attached hydrogens (tertiary/aromatic N) is 3. The first-order valence-electron chi connectivity index (χ1n) is 27.5. The Bertz CT molecular complexity index is 3620. The van der Waals surface area contributed by atoms with Gasteiger partial charge in [0, 0.05) is 102 Å². The summed E-state index contributed by atoms with van der Waals surface area (Å²) in [6.45, 7) is 6.19. The topological polar surface area (TPSA) is 202 Å². The summed E-state index contributed by atoms with van der Waals surface area (Å²) in [6.07, 6.45) is 7.59. The van der Waals surface area contributed by atoms with Crippen LogP contribution in [0.2, 0.25) is 0 Å². The van der Waals surface area contributed by atoms with E-state index in [4.69, 9.17) is 23.7 Å². The van der Waals surface area contributed by atoms with Crippen molar-refractivity contribution in [3.8, 4) is 23.3 Å². The molecule has 414 valence electrons. The molecule has 6 aliphatic heterocycles. The third kappa shape index (κ3) is 11.9. The van der Waals surface area contributed by atoms with E-state index in [-0.39, 0.29) is 81.2 Å². The quantitative estimate of drug-likeness (QED) is 0.0370. The zero-order valence-electron chi connectivity index (χ0n) is 44.3. The zero-order chi connectivity index (χ0) is 54.5. The standard InChI is InChI=1S/C60H65N5O12S2/c66-54(61-23-21-55(67)65-40-45-11-2-1-9-41(45)17-18-42-10-3-4-16-52(42)65)22-29-73-31-33-75-35-36-76-34-32-74-30-24-62-78(68,69)46-19-20-47(53(39-46)79(70,71)72)56-50-37-43-12-5-25-63-27-7-14-48(57(43)63)59(50)77-60-49-15-8-28-64-26-6-13-44(58(49)64)38-51(56)60/h1-4,9-11,16,19-20,37-39,62H,5-8,12-15,21-36,40H2,(H-,61,66,70,71,72)/p+1. The predicted octanol–water partition coefficient (Wildman–Crippen LogP) is 4.56. The number of anilines is 2. The fourth-order valence-corrected chi connectivity index (χ4v) is 13.7. The van der Waals surface area contributed by atoms with E-state index in [1.165, 1.54) is 34.3 Å². The molecule has 6 heterocycles. The van der Waals surface area contributed by atoms with Crippen molar-refractivity contribution in [3.63, 3.8) is 0 Å². The van der Waals surface area contributed by atoms with Crippen LogP contribution in [-0.4, -0.2) is 125 Å². The van der Waals surface area contributed by atoms with Crippen molar-refractivity contribution < 1.29 is 54.7 Å². The molecule has 0 atom stereocenters. The summed E-state index contributed by atoms with van der Waals surface area (Å²) < 4.78 is 99.7. The second kappa shape index (κ2) is 24.1. The number of sulfonamides is 1. The van der Waals surface area contributed by atoms with Crippen molar-refractivity contribution in [1.82, 2.24) is 14.6 Å². The van der Waals surface area contributed by atoms with Crippen LogP contribution in [0.3, 0.4) is 0 Å². The van der Waals surface area contributed by atoms with Gasteiger partial charge in [-0.05, 0) is 92.1 Å². The summed E-state index contributed by atoms with van der Waals surface area (Å²) in [6, 6.07) is 23.6. The molecule has 0 saturated heterocycles. The molecular weight excluding hydrogens is 1050 g/mol. The van der Waals surface area contributed by atoms with Gasteiger partial charge >= 0.3 is 0 Å².